The van der Waals surface area contributed by atoms with Crippen LogP contribution in [0, 0.1) is 0 Å². The van der Waals surface area contributed by atoms with Gasteiger partial charge in [-0.05, 0) is 29.3 Å². The molecule has 5 rings (SSSR count). The van der Waals surface area contributed by atoms with Crippen LogP contribution in [0.2, 0.25) is 0 Å². The third-order valence-corrected chi connectivity index (χ3v) is 6.83. The van der Waals surface area contributed by atoms with E-state index in [4.69, 9.17) is 9.47 Å². The number of aromatic nitrogens is 2. The van der Waals surface area contributed by atoms with Gasteiger partial charge in [-0.25, -0.2) is 4.98 Å². The van der Waals surface area contributed by atoms with Crippen LogP contribution < -0.4 is 29.9 Å². The minimum Gasteiger partial charge on any atom is -0.493 e. The van der Waals surface area contributed by atoms with Crippen molar-refractivity contribution in [1.82, 2.24) is 15.3 Å². The Labute approximate surface area is 203 Å². The topological polar surface area (TPSA) is 91.9 Å². The summed E-state index contributed by atoms with van der Waals surface area (Å²) in [6.07, 6.45) is 3.45. The number of rotatable bonds is 6. The van der Waals surface area contributed by atoms with Crippen LogP contribution in [0.25, 0.3) is 0 Å². The summed E-state index contributed by atoms with van der Waals surface area (Å²) in [5.41, 5.74) is 4.42. The van der Waals surface area contributed by atoms with Crippen molar-refractivity contribution in [2.45, 2.75) is 20.5 Å². The number of hydrogen-bond acceptors (Lipinski definition) is 9. The smallest absolute Gasteiger partial charge is 0.275 e. The molecule has 0 spiro atoms. The highest BCUT2D eigenvalue weighted by atomic mass is 32.1. The van der Waals surface area contributed by atoms with Gasteiger partial charge in [0.2, 0.25) is 0 Å². The molecule has 9 nitrogen and oxygen atoms in total. The maximum absolute atomic E-state index is 13.0. The van der Waals surface area contributed by atoms with E-state index in [0.717, 1.165) is 37.0 Å². The molecular weight excluding hydrogens is 452 g/mol. The van der Waals surface area contributed by atoms with E-state index < -0.39 is 0 Å². The zero-order valence-corrected chi connectivity index (χ0v) is 19.4. The van der Waals surface area contributed by atoms with Crippen LogP contribution in [0.15, 0.2) is 36.0 Å². The Kier molecular flexibility index (Phi) is 7.18. The number of hydrogen-bond donors (Lipinski definition) is 2. The second-order valence-corrected chi connectivity index (χ2v) is 8.77. The minimum absolute atomic E-state index is 0. The molecular formula is C24H30N6O3S. The fourth-order valence-electron chi connectivity index (χ4n) is 4.23. The molecule has 1 fully saturated rings. The maximum Gasteiger partial charge on any atom is 0.275 e. The van der Waals surface area contributed by atoms with Crippen molar-refractivity contribution in [3.05, 3.63) is 52.8 Å². The summed E-state index contributed by atoms with van der Waals surface area (Å²) in [6, 6.07) is 5.96. The number of methoxy groups -OCH3 is 2. The number of carbonyl (C=O) groups is 1. The molecule has 180 valence electrons. The largest absolute Gasteiger partial charge is 0.493 e. The van der Waals surface area contributed by atoms with E-state index in [-0.39, 0.29) is 13.3 Å². The number of ether oxygens (including phenoxy) is 2. The number of amides is 1. The predicted molar refractivity (Wildman–Crippen MR) is 136 cm³/mol. The number of pyridine rings is 1. The number of nitrogens with zero attached hydrogens (tertiary/aromatic N) is 4. The summed E-state index contributed by atoms with van der Waals surface area (Å²) >= 11 is 1.47. The van der Waals surface area contributed by atoms with Crippen LogP contribution in [0.4, 0.5) is 16.5 Å². The van der Waals surface area contributed by atoms with Gasteiger partial charge in [0.25, 0.3) is 5.91 Å². The first-order valence-corrected chi connectivity index (χ1v) is 11.7. The Morgan fingerprint density at radius 1 is 1.09 bits per heavy atom. The molecule has 2 aromatic heterocycles. The standard InChI is InChI=1S/C23H26N6O3S.CH4/c1-31-20-9-15-12-29(13-16(15)10-21(20)32-2)23-27-18(14-33-23)22(30)26-17-11-25-4-3-19(17)28-7-5-24-6-8-28;/h3-4,9-11,14,24H,5-8,12-13H2,1-2H3,(H,26,30);1H4. The third kappa shape index (κ3) is 4.64. The van der Waals surface area contributed by atoms with E-state index in [0.29, 0.717) is 36.0 Å². The molecule has 0 atom stereocenters. The fourth-order valence-corrected chi connectivity index (χ4v) is 5.03. The highest BCUT2D eigenvalue weighted by Crippen LogP contribution is 2.37. The minimum atomic E-state index is -0.234. The molecule has 1 amide bonds. The average molecular weight is 483 g/mol. The van der Waals surface area contributed by atoms with Gasteiger partial charge in [-0.15, -0.1) is 11.3 Å². The number of anilines is 3. The highest BCUT2D eigenvalue weighted by molar-refractivity contribution is 7.13. The van der Waals surface area contributed by atoms with Crippen molar-refractivity contribution in [3.63, 3.8) is 0 Å². The van der Waals surface area contributed by atoms with Gasteiger partial charge in [0.1, 0.15) is 5.69 Å². The molecule has 1 aromatic carbocycles. The number of piperazine rings is 1. The van der Waals surface area contributed by atoms with Crippen LogP contribution >= 0.6 is 11.3 Å². The van der Waals surface area contributed by atoms with Crippen molar-refractivity contribution in [2.75, 3.05) is 55.5 Å². The number of carbonyl (C=O) groups excluding carboxylic acids is 1. The maximum atomic E-state index is 13.0. The zero-order valence-electron chi connectivity index (χ0n) is 18.6. The Hall–Kier alpha value is -3.37. The molecule has 10 heteroatoms. The molecule has 2 aliphatic rings. The van der Waals surface area contributed by atoms with Crippen LogP contribution in [0.1, 0.15) is 29.0 Å². The number of benzene rings is 1. The second kappa shape index (κ2) is 10.3. The van der Waals surface area contributed by atoms with Crippen LogP contribution in [-0.4, -0.2) is 56.3 Å². The van der Waals surface area contributed by atoms with Gasteiger partial charge >= 0.3 is 0 Å². The van der Waals surface area contributed by atoms with Gasteiger partial charge in [-0.3, -0.25) is 9.78 Å². The van der Waals surface area contributed by atoms with E-state index >= 15 is 0 Å². The van der Waals surface area contributed by atoms with E-state index in [2.05, 4.69) is 30.4 Å². The van der Waals surface area contributed by atoms with Crippen molar-refractivity contribution in [3.8, 4) is 11.5 Å². The first kappa shape index (κ1) is 23.8. The fraction of sp³-hybridized carbons (Fsp3) is 0.375. The lowest BCUT2D eigenvalue weighted by Gasteiger charge is -2.30. The van der Waals surface area contributed by atoms with E-state index in [1.54, 1.807) is 32.0 Å². The SMILES string of the molecule is C.COc1cc2c(cc1OC)CN(c1nc(C(=O)Nc3cnccc3N3CCNCC3)cs1)C2. The quantitative estimate of drug-likeness (QED) is 0.553. The summed E-state index contributed by atoms with van der Waals surface area (Å²) in [4.78, 5) is 26.2. The molecule has 3 aromatic rings. The number of fused-ring (bicyclic) bond motifs is 1. The lowest BCUT2D eigenvalue weighted by Crippen LogP contribution is -2.43. The van der Waals surface area contributed by atoms with Crippen molar-refractivity contribution in [1.29, 1.82) is 0 Å². The third-order valence-electron chi connectivity index (χ3n) is 5.93. The van der Waals surface area contributed by atoms with Gasteiger partial charge < -0.3 is 29.9 Å². The molecule has 2 aliphatic heterocycles. The molecule has 4 heterocycles. The van der Waals surface area contributed by atoms with Crippen LogP contribution in [0.3, 0.4) is 0 Å². The molecule has 0 saturated carbocycles. The van der Waals surface area contributed by atoms with Gasteiger partial charge in [0, 0.05) is 50.8 Å². The van der Waals surface area contributed by atoms with Gasteiger partial charge in [-0.2, -0.15) is 0 Å². The molecule has 0 radical (unpaired) electrons. The number of nitrogens with one attached hydrogen (secondary N) is 2. The number of thiazole rings is 1. The Balaban J connectivity index is 0.00000274. The lowest BCUT2D eigenvalue weighted by molar-refractivity contribution is 0.102. The molecule has 2 N–H and O–H groups in total. The highest BCUT2D eigenvalue weighted by Gasteiger charge is 2.25. The summed E-state index contributed by atoms with van der Waals surface area (Å²) in [5, 5.41) is 8.96. The van der Waals surface area contributed by atoms with Crippen molar-refractivity contribution < 1.29 is 14.3 Å². The Morgan fingerprint density at radius 2 is 1.76 bits per heavy atom. The van der Waals surface area contributed by atoms with Crippen LogP contribution in [-0.2, 0) is 13.1 Å². The van der Waals surface area contributed by atoms with Gasteiger partial charge in [-0.1, -0.05) is 7.43 Å². The summed E-state index contributed by atoms with van der Waals surface area (Å²) in [5.74, 6) is 1.20. The zero-order chi connectivity index (χ0) is 22.8. The second-order valence-electron chi connectivity index (χ2n) is 7.93. The predicted octanol–water partition coefficient (Wildman–Crippen LogP) is 3.37. The Morgan fingerprint density at radius 3 is 2.41 bits per heavy atom. The van der Waals surface area contributed by atoms with E-state index in [9.17, 15) is 4.79 Å². The first-order chi connectivity index (χ1) is 16.2. The monoisotopic (exact) mass is 482 g/mol. The summed E-state index contributed by atoms with van der Waals surface area (Å²) in [7, 11) is 3.27. The van der Waals surface area contributed by atoms with Gasteiger partial charge in [0.05, 0.1) is 31.8 Å². The van der Waals surface area contributed by atoms with Crippen LogP contribution in [0.5, 0.6) is 11.5 Å². The molecule has 1 saturated heterocycles. The summed E-state index contributed by atoms with van der Waals surface area (Å²) < 4.78 is 10.9. The van der Waals surface area contributed by atoms with Crippen molar-refractivity contribution >= 4 is 33.8 Å². The van der Waals surface area contributed by atoms with E-state index in [1.165, 1.54) is 22.5 Å². The van der Waals surface area contributed by atoms with E-state index in [1.807, 2.05) is 18.2 Å². The average Bonchev–Trinajstić information content (AvgIpc) is 3.51. The normalized spacial score (nSPS) is 14.9. The molecule has 0 unspecified atom stereocenters. The lowest BCUT2D eigenvalue weighted by atomic mass is 10.1. The first-order valence-electron chi connectivity index (χ1n) is 10.8. The van der Waals surface area contributed by atoms with Gasteiger partial charge in [0.15, 0.2) is 16.6 Å². The molecule has 0 aliphatic carbocycles. The molecule has 0 bridgehead atoms. The van der Waals surface area contributed by atoms with Crippen molar-refractivity contribution in [2.24, 2.45) is 0 Å². The Bertz CT molecular complexity index is 1130. The summed E-state index contributed by atoms with van der Waals surface area (Å²) in [6.45, 7) is 5.03. The molecule has 34 heavy (non-hydrogen) atoms.